The Kier molecular flexibility index (Phi) is 13.5. The summed E-state index contributed by atoms with van der Waals surface area (Å²) in [4.78, 5) is 18.4. The Morgan fingerprint density at radius 2 is 1.91 bits per heavy atom. The molecule has 8 nitrogen and oxygen atoms in total. The molecule has 34 heavy (non-hydrogen) atoms. The molecule has 2 N–H and O–H groups in total. The molecule has 2 aromatic heterocycles. The normalized spacial score (nSPS) is 18.4. The predicted octanol–water partition coefficient (Wildman–Crippen LogP) is 6.36. The van der Waals surface area contributed by atoms with E-state index in [1.807, 2.05) is 26.0 Å². The van der Waals surface area contributed by atoms with E-state index in [9.17, 15) is 4.79 Å². The third-order valence-electron chi connectivity index (χ3n) is 6.15. The maximum absolute atomic E-state index is 10.4. The highest BCUT2D eigenvalue weighted by molar-refractivity contribution is 5.51. The molecule has 4 atom stereocenters. The fourth-order valence-electron chi connectivity index (χ4n) is 3.99. The molecule has 0 amide bonds. The van der Waals surface area contributed by atoms with Crippen LogP contribution in [0.5, 0.6) is 0 Å². The number of hydrogen-bond donors (Lipinski definition) is 2. The number of nitriles is 1. The van der Waals surface area contributed by atoms with Gasteiger partial charge < -0.3 is 10.1 Å². The fraction of sp³-hybridized carbons (Fsp3) is 0.654. The summed E-state index contributed by atoms with van der Waals surface area (Å²) in [7, 11) is 0. The molecule has 1 aliphatic carbocycles. The minimum absolute atomic E-state index is 0.00778. The summed E-state index contributed by atoms with van der Waals surface area (Å²) in [6.07, 6.45) is 8.21. The molecule has 0 aromatic carbocycles. The van der Waals surface area contributed by atoms with Gasteiger partial charge in [0.05, 0.1) is 12.4 Å². The molecule has 0 aliphatic heterocycles. The van der Waals surface area contributed by atoms with Crippen LogP contribution in [0.2, 0.25) is 0 Å². The van der Waals surface area contributed by atoms with Gasteiger partial charge in [-0.05, 0) is 43.4 Å². The van der Waals surface area contributed by atoms with Gasteiger partial charge in [-0.2, -0.15) is 10.4 Å². The molecule has 3 rings (SSSR count). The van der Waals surface area contributed by atoms with Gasteiger partial charge in [-0.25, -0.2) is 9.97 Å². The standard InChI is InChI=1S/C14H14N6O2.C10H22.C2H6/c15-5-10-6-17-14(7-16-10)18-13-4-12(19-20-13)9-1-2-11(3-9)22-8-21;1-6-9(4)10(5)7-8(2)3;1-2/h4,6-9,11H,1-3H2,(H2,17,18,19,20);8-10H,6-7H2,1-5H3;1-2H3. The summed E-state index contributed by atoms with van der Waals surface area (Å²) >= 11 is 0. The first-order chi connectivity index (χ1) is 16.4. The number of ether oxygens (including phenoxy) is 1. The highest BCUT2D eigenvalue weighted by Crippen LogP contribution is 2.35. The second-order valence-electron chi connectivity index (χ2n) is 9.09. The van der Waals surface area contributed by atoms with Crippen molar-refractivity contribution in [2.75, 3.05) is 5.32 Å². The first-order valence-corrected chi connectivity index (χ1v) is 12.5. The van der Waals surface area contributed by atoms with Crippen molar-refractivity contribution in [3.8, 4) is 6.07 Å². The van der Waals surface area contributed by atoms with E-state index in [-0.39, 0.29) is 11.8 Å². The van der Waals surface area contributed by atoms with Crippen LogP contribution in [0.15, 0.2) is 18.5 Å². The molecule has 4 unspecified atom stereocenters. The SMILES string of the molecule is CC.CCC(C)C(C)CC(C)C.N#Cc1cnc(Nc2cc(C3CCC(OC=O)C3)[nH]n2)cn1. The molecule has 1 fully saturated rings. The third kappa shape index (κ3) is 9.90. The van der Waals surface area contributed by atoms with Crippen molar-refractivity contribution in [3.05, 3.63) is 29.8 Å². The van der Waals surface area contributed by atoms with E-state index in [1.165, 1.54) is 25.2 Å². The zero-order valence-electron chi connectivity index (χ0n) is 21.8. The average molecular weight is 471 g/mol. The van der Waals surface area contributed by atoms with E-state index in [2.05, 4.69) is 60.1 Å². The summed E-state index contributed by atoms with van der Waals surface area (Å²) < 4.78 is 5.00. The van der Waals surface area contributed by atoms with E-state index in [4.69, 9.17) is 10.00 Å². The molecule has 0 bridgehead atoms. The van der Waals surface area contributed by atoms with Crippen molar-refractivity contribution in [2.24, 2.45) is 17.8 Å². The Morgan fingerprint density at radius 1 is 1.18 bits per heavy atom. The molecule has 2 aromatic rings. The Bertz CT molecular complexity index is 859. The topological polar surface area (TPSA) is 117 Å². The van der Waals surface area contributed by atoms with Crippen molar-refractivity contribution in [1.82, 2.24) is 20.2 Å². The second-order valence-corrected chi connectivity index (χ2v) is 9.09. The van der Waals surface area contributed by atoms with Gasteiger partial charge in [0.15, 0.2) is 11.5 Å². The van der Waals surface area contributed by atoms with Crippen molar-refractivity contribution >= 4 is 18.1 Å². The summed E-state index contributed by atoms with van der Waals surface area (Å²) in [5.41, 5.74) is 1.27. The summed E-state index contributed by atoms with van der Waals surface area (Å²) in [5, 5.41) is 18.9. The zero-order valence-corrected chi connectivity index (χ0v) is 21.8. The smallest absolute Gasteiger partial charge is 0.293 e. The number of hydrogen-bond acceptors (Lipinski definition) is 7. The van der Waals surface area contributed by atoms with Gasteiger partial charge in [-0.3, -0.25) is 9.89 Å². The first-order valence-electron chi connectivity index (χ1n) is 12.5. The Morgan fingerprint density at radius 3 is 2.47 bits per heavy atom. The van der Waals surface area contributed by atoms with E-state index in [1.54, 1.807) is 0 Å². The Hall–Kier alpha value is -2.95. The lowest BCUT2D eigenvalue weighted by molar-refractivity contribution is -0.133. The Balaban J connectivity index is 0.000000409. The number of anilines is 2. The van der Waals surface area contributed by atoms with Crippen LogP contribution >= 0.6 is 0 Å². The Labute approximate surface area is 204 Å². The lowest BCUT2D eigenvalue weighted by Crippen LogP contribution is -2.09. The average Bonchev–Trinajstić information content (AvgIpc) is 3.50. The van der Waals surface area contributed by atoms with Gasteiger partial charge in [0, 0.05) is 17.7 Å². The van der Waals surface area contributed by atoms with E-state index >= 15 is 0 Å². The molecule has 0 radical (unpaired) electrons. The van der Waals surface area contributed by atoms with Crippen molar-refractivity contribution in [1.29, 1.82) is 5.26 Å². The molecule has 0 spiro atoms. The van der Waals surface area contributed by atoms with Crippen LogP contribution in [-0.4, -0.2) is 32.7 Å². The van der Waals surface area contributed by atoms with Gasteiger partial charge in [0.1, 0.15) is 18.0 Å². The molecular formula is C26H42N6O2. The number of aromatic amines is 1. The van der Waals surface area contributed by atoms with E-state index < -0.39 is 0 Å². The summed E-state index contributed by atoms with van der Waals surface area (Å²) in [6.45, 7) is 16.1. The molecule has 8 heteroatoms. The third-order valence-corrected chi connectivity index (χ3v) is 6.15. The van der Waals surface area contributed by atoms with E-state index in [0.717, 1.165) is 42.7 Å². The number of rotatable bonds is 9. The zero-order chi connectivity index (χ0) is 25.5. The molecular weight excluding hydrogens is 428 g/mol. The van der Waals surface area contributed by atoms with Crippen molar-refractivity contribution in [3.63, 3.8) is 0 Å². The lowest BCUT2D eigenvalue weighted by Gasteiger charge is -2.19. The highest BCUT2D eigenvalue weighted by atomic mass is 16.5. The van der Waals surface area contributed by atoms with Crippen LogP contribution in [0, 0.1) is 29.1 Å². The van der Waals surface area contributed by atoms with Crippen LogP contribution in [-0.2, 0) is 9.53 Å². The van der Waals surface area contributed by atoms with Crippen LogP contribution in [0.25, 0.3) is 0 Å². The highest BCUT2D eigenvalue weighted by Gasteiger charge is 2.28. The number of carbonyl (C=O) groups is 1. The second kappa shape index (κ2) is 15.8. The van der Waals surface area contributed by atoms with Gasteiger partial charge in [-0.1, -0.05) is 54.9 Å². The molecule has 0 saturated heterocycles. The quantitative estimate of drug-likeness (QED) is 0.409. The minimum atomic E-state index is -0.00778. The summed E-state index contributed by atoms with van der Waals surface area (Å²) in [5.74, 6) is 4.14. The van der Waals surface area contributed by atoms with Gasteiger partial charge in [0.2, 0.25) is 0 Å². The molecule has 188 valence electrons. The number of nitrogens with zero attached hydrogens (tertiary/aromatic N) is 4. The number of H-pyrrole nitrogens is 1. The minimum Gasteiger partial charge on any atom is -0.465 e. The van der Waals surface area contributed by atoms with Crippen LogP contribution in [0.3, 0.4) is 0 Å². The maximum Gasteiger partial charge on any atom is 0.293 e. The number of aromatic nitrogens is 4. The molecule has 1 saturated carbocycles. The number of carbonyl (C=O) groups excluding carboxylic acids is 1. The summed E-state index contributed by atoms with van der Waals surface area (Å²) in [6, 6.07) is 3.82. The molecule has 2 heterocycles. The maximum atomic E-state index is 10.4. The first kappa shape index (κ1) is 29.1. The van der Waals surface area contributed by atoms with Gasteiger partial charge in [0.25, 0.3) is 6.47 Å². The largest absolute Gasteiger partial charge is 0.465 e. The van der Waals surface area contributed by atoms with Crippen LogP contribution in [0.1, 0.15) is 97.9 Å². The fourth-order valence-corrected chi connectivity index (χ4v) is 3.99. The lowest BCUT2D eigenvalue weighted by atomic mass is 9.87. The predicted molar refractivity (Wildman–Crippen MR) is 136 cm³/mol. The van der Waals surface area contributed by atoms with Gasteiger partial charge >= 0.3 is 0 Å². The van der Waals surface area contributed by atoms with Crippen LogP contribution < -0.4 is 5.32 Å². The molecule has 1 aliphatic rings. The van der Waals surface area contributed by atoms with Crippen molar-refractivity contribution < 1.29 is 9.53 Å². The van der Waals surface area contributed by atoms with E-state index in [0.29, 0.717) is 24.0 Å². The van der Waals surface area contributed by atoms with Gasteiger partial charge in [-0.15, -0.1) is 0 Å². The van der Waals surface area contributed by atoms with Crippen LogP contribution in [0.4, 0.5) is 11.6 Å². The van der Waals surface area contributed by atoms with Crippen molar-refractivity contribution in [2.45, 2.75) is 92.6 Å². The monoisotopic (exact) mass is 470 g/mol. The number of nitrogens with one attached hydrogen (secondary N) is 2.